The Labute approximate surface area is 112 Å². The van der Waals surface area contributed by atoms with Crippen molar-refractivity contribution in [2.45, 2.75) is 33.6 Å². The lowest BCUT2D eigenvalue weighted by Crippen LogP contribution is -2.34. The number of likely N-dealkylation sites (tertiary alicyclic amines) is 1. The first-order valence-corrected chi connectivity index (χ1v) is 7.56. The Hall–Kier alpha value is -0.120. The second-order valence-electron chi connectivity index (χ2n) is 7.09. The number of hydrogen-bond acceptors (Lipinski definition) is 3. The highest BCUT2D eigenvalue weighted by Crippen LogP contribution is 2.33. The van der Waals surface area contributed by atoms with Crippen LogP contribution in [0.1, 0.15) is 33.6 Å². The molecule has 2 atom stereocenters. The molecule has 2 fully saturated rings. The number of nitrogens with zero attached hydrogens (tertiary/aromatic N) is 1. The van der Waals surface area contributed by atoms with Crippen LogP contribution in [0.5, 0.6) is 0 Å². The Morgan fingerprint density at radius 1 is 1.28 bits per heavy atom. The highest BCUT2D eigenvalue weighted by atomic mass is 16.5. The largest absolute Gasteiger partial charge is 0.381 e. The topological polar surface area (TPSA) is 24.5 Å². The smallest absolute Gasteiger partial charge is 0.0507 e. The molecule has 0 radical (unpaired) electrons. The van der Waals surface area contributed by atoms with Crippen LogP contribution in [0.3, 0.4) is 0 Å². The van der Waals surface area contributed by atoms with Gasteiger partial charge in [0.15, 0.2) is 0 Å². The molecule has 0 saturated carbocycles. The Kier molecular flexibility index (Phi) is 5.05. The fraction of sp³-hybridized carbons (Fsp3) is 1.00. The van der Waals surface area contributed by atoms with E-state index in [0.717, 1.165) is 38.1 Å². The second kappa shape index (κ2) is 6.36. The summed E-state index contributed by atoms with van der Waals surface area (Å²) in [5.41, 5.74) is 0.476. The minimum absolute atomic E-state index is 0.476. The summed E-state index contributed by atoms with van der Waals surface area (Å²) in [6.45, 7) is 15.1. The molecule has 2 rings (SSSR count). The van der Waals surface area contributed by atoms with Crippen LogP contribution >= 0.6 is 0 Å². The van der Waals surface area contributed by atoms with Crippen LogP contribution in [0.2, 0.25) is 0 Å². The van der Waals surface area contributed by atoms with Gasteiger partial charge in [0.25, 0.3) is 0 Å². The summed E-state index contributed by atoms with van der Waals surface area (Å²) < 4.78 is 5.39. The van der Waals surface area contributed by atoms with Crippen molar-refractivity contribution in [2.24, 2.45) is 17.3 Å². The van der Waals surface area contributed by atoms with E-state index in [0.29, 0.717) is 5.41 Å². The summed E-state index contributed by atoms with van der Waals surface area (Å²) >= 11 is 0. The molecule has 2 heterocycles. The SMILES string of the molecule is CC(C)(C)C1CCN(CCNCC2CCOC2)C1. The number of nitrogens with one attached hydrogen (secondary N) is 1. The van der Waals surface area contributed by atoms with Gasteiger partial charge in [0.1, 0.15) is 0 Å². The van der Waals surface area contributed by atoms with Crippen LogP contribution in [0.15, 0.2) is 0 Å². The highest BCUT2D eigenvalue weighted by molar-refractivity contribution is 4.84. The van der Waals surface area contributed by atoms with Crippen LogP contribution in [-0.4, -0.2) is 50.8 Å². The molecule has 2 saturated heterocycles. The van der Waals surface area contributed by atoms with Gasteiger partial charge in [0, 0.05) is 32.8 Å². The zero-order chi connectivity index (χ0) is 13.0. The van der Waals surface area contributed by atoms with Gasteiger partial charge >= 0.3 is 0 Å². The predicted molar refractivity (Wildman–Crippen MR) is 75.8 cm³/mol. The maximum absolute atomic E-state index is 5.39. The number of rotatable bonds is 5. The van der Waals surface area contributed by atoms with Crippen molar-refractivity contribution in [1.82, 2.24) is 10.2 Å². The summed E-state index contributed by atoms with van der Waals surface area (Å²) in [6, 6.07) is 0. The van der Waals surface area contributed by atoms with Crippen molar-refractivity contribution in [2.75, 3.05) is 45.9 Å². The fourth-order valence-electron chi connectivity index (χ4n) is 3.03. The predicted octanol–water partition coefficient (Wildman–Crippen LogP) is 1.98. The van der Waals surface area contributed by atoms with E-state index in [2.05, 4.69) is 31.0 Å². The van der Waals surface area contributed by atoms with Gasteiger partial charge in [-0.15, -0.1) is 0 Å². The molecule has 0 aliphatic carbocycles. The standard InChI is InChI=1S/C15H30N2O/c1-15(2,3)14-4-7-17(11-14)8-6-16-10-13-5-9-18-12-13/h13-14,16H,4-12H2,1-3H3. The summed E-state index contributed by atoms with van der Waals surface area (Å²) in [6.07, 6.45) is 2.61. The molecule has 3 heteroatoms. The van der Waals surface area contributed by atoms with Gasteiger partial charge in [-0.1, -0.05) is 20.8 Å². The van der Waals surface area contributed by atoms with E-state index in [-0.39, 0.29) is 0 Å². The molecule has 18 heavy (non-hydrogen) atoms. The van der Waals surface area contributed by atoms with E-state index >= 15 is 0 Å². The molecular weight excluding hydrogens is 224 g/mol. The van der Waals surface area contributed by atoms with Gasteiger partial charge in [0.05, 0.1) is 6.61 Å². The average molecular weight is 254 g/mol. The normalized spacial score (nSPS) is 30.2. The van der Waals surface area contributed by atoms with Crippen molar-refractivity contribution in [3.63, 3.8) is 0 Å². The molecule has 2 unspecified atom stereocenters. The van der Waals surface area contributed by atoms with Crippen molar-refractivity contribution < 1.29 is 4.74 Å². The molecule has 1 N–H and O–H groups in total. The van der Waals surface area contributed by atoms with Crippen LogP contribution in [0, 0.1) is 17.3 Å². The maximum Gasteiger partial charge on any atom is 0.0507 e. The van der Waals surface area contributed by atoms with Gasteiger partial charge in [-0.2, -0.15) is 0 Å². The average Bonchev–Trinajstić information content (AvgIpc) is 2.95. The summed E-state index contributed by atoms with van der Waals surface area (Å²) in [7, 11) is 0. The Morgan fingerprint density at radius 3 is 2.72 bits per heavy atom. The first kappa shape index (κ1) is 14.3. The Balaban J connectivity index is 1.55. The Bertz CT molecular complexity index is 243. The molecular formula is C15H30N2O. The van der Waals surface area contributed by atoms with Crippen LogP contribution < -0.4 is 5.32 Å². The van der Waals surface area contributed by atoms with Gasteiger partial charge in [-0.25, -0.2) is 0 Å². The quantitative estimate of drug-likeness (QED) is 0.759. The van der Waals surface area contributed by atoms with E-state index in [9.17, 15) is 0 Å². The van der Waals surface area contributed by atoms with Gasteiger partial charge in [-0.05, 0) is 36.6 Å². The zero-order valence-electron chi connectivity index (χ0n) is 12.4. The second-order valence-corrected chi connectivity index (χ2v) is 7.09. The summed E-state index contributed by atoms with van der Waals surface area (Å²) in [5.74, 6) is 1.63. The van der Waals surface area contributed by atoms with Crippen molar-refractivity contribution in [3.8, 4) is 0 Å². The van der Waals surface area contributed by atoms with Crippen molar-refractivity contribution >= 4 is 0 Å². The third-order valence-corrected chi connectivity index (χ3v) is 4.56. The third kappa shape index (κ3) is 4.22. The van der Waals surface area contributed by atoms with Gasteiger partial charge < -0.3 is 15.0 Å². The molecule has 0 spiro atoms. The molecule has 0 aromatic rings. The lowest BCUT2D eigenvalue weighted by atomic mass is 9.80. The van der Waals surface area contributed by atoms with E-state index < -0.39 is 0 Å². The lowest BCUT2D eigenvalue weighted by molar-refractivity contribution is 0.185. The number of ether oxygens (including phenoxy) is 1. The molecule has 0 bridgehead atoms. The lowest BCUT2D eigenvalue weighted by Gasteiger charge is -2.27. The Morgan fingerprint density at radius 2 is 2.11 bits per heavy atom. The first-order valence-electron chi connectivity index (χ1n) is 7.56. The van der Waals surface area contributed by atoms with Crippen molar-refractivity contribution in [1.29, 1.82) is 0 Å². The third-order valence-electron chi connectivity index (χ3n) is 4.56. The monoisotopic (exact) mass is 254 g/mol. The minimum atomic E-state index is 0.476. The molecule has 0 aromatic carbocycles. The minimum Gasteiger partial charge on any atom is -0.381 e. The van der Waals surface area contributed by atoms with E-state index in [1.807, 2.05) is 0 Å². The highest BCUT2D eigenvalue weighted by Gasteiger charge is 2.31. The summed E-state index contributed by atoms with van der Waals surface area (Å²) in [5, 5.41) is 3.59. The molecule has 0 amide bonds. The van der Waals surface area contributed by atoms with E-state index in [1.165, 1.54) is 32.5 Å². The van der Waals surface area contributed by atoms with E-state index in [4.69, 9.17) is 4.74 Å². The van der Waals surface area contributed by atoms with Crippen LogP contribution in [0.25, 0.3) is 0 Å². The fourth-order valence-corrected chi connectivity index (χ4v) is 3.03. The molecule has 0 aromatic heterocycles. The molecule has 2 aliphatic heterocycles. The zero-order valence-corrected chi connectivity index (χ0v) is 12.4. The first-order chi connectivity index (χ1) is 8.55. The summed E-state index contributed by atoms with van der Waals surface area (Å²) in [4.78, 5) is 2.62. The van der Waals surface area contributed by atoms with Crippen LogP contribution in [-0.2, 0) is 4.74 Å². The van der Waals surface area contributed by atoms with Gasteiger partial charge in [-0.3, -0.25) is 0 Å². The molecule has 3 nitrogen and oxygen atoms in total. The van der Waals surface area contributed by atoms with Crippen LogP contribution in [0.4, 0.5) is 0 Å². The van der Waals surface area contributed by atoms with Gasteiger partial charge in [0.2, 0.25) is 0 Å². The number of hydrogen-bond donors (Lipinski definition) is 1. The van der Waals surface area contributed by atoms with Crippen molar-refractivity contribution in [3.05, 3.63) is 0 Å². The molecule has 106 valence electrons. The molecule has 2 aliphatic rings. The van der Waals surface area contributed by atoms with E-state index in [1.54, 1.807) is 0 Å². The maximum atomic E-state index is 5.39.